The van der Waals surface area contributed by atoms with Gasteiger partial charge in [0.2, 0.25) is 0 Å². The number of carbonyl (C=O) groups excluding carboxylic acids is 1. The quantitative estimate of drug-likeness (QED) is 0.781. The Kier molecular flexibility index (Phi) is 3.87. The van der Waals surface area contributed by atoms with E-state index < -0.39 is 6.10 Å². The van der Waals surface area contributed by atoms with Gasteiger partial charge < -0.3 is 10.1 Å². The summed E-state index contributed by atoms with van der Waals surface area (Å²) in [5.74, 6) is 0.713. The molecule has 4 heteroatoms. The molecule has 1 aliphatic heterocycles. The second-order valence-corrected chi connectivity index (χ2v) is 6.35. The predicted octanol–water partition coefficient (Wildman–Crippen LogP) is 4.11. The summed E-state index contributed by atoms with van der Waals surface area (Å²) >= 11 is 5.87. The molecule has 4 rings (SSSR count). The molecule has 0 radical (unpaired) electrons. The van der Waals surface area contributed by atoms with Crippen molar-refractivity contribution in [1.82, 2.24) is 5.32 Å². The van der Waals surface area contributed by atoms with Crippen LogP contribution < -0.4 is 10.1 Å². The Labute approximate surface area is 145 Å². The number of benzene rings is 3. The molecule has 1 amide bonds. The lowest BCUT2D eigenvalue weighted by Crippen LogP contribution is -2.37. The number of carbonyl (C=O) groups is 1. The van der Waals surface area contributed by atoms with E-state index in [2.05, 4.69) is 17.4 Å². The van der Waals surface area contributed by atoms with Crippen molar-refractivity contribution in [3.8, 4) is 5.75 Å². The first-order valence-corrected chi connectivity index (χ1v) is 8.28. The number of rotatable bonds is 3. The Morgan fingerprint density at radius 1 is 1.08 bits per heavy atom. The van der Waals surface area contributed by atoms with Crippen LogP contribution in [0.25, 0.3) is 10.8 Å². The zero-order chi connectivity index (χ0) is 16.5. The molecule has 0 saturated carbocycles. The van der Waals surface area contributed by atoms with Crippen molar-refractivity contribution in [2.75, 3.05) is 0 Å². The van der Waals surface area contributed by atoms with Gasteiger partial charge in [0, 0.05) is 23.6 Å². The number of hydrogen-bond donors (Lipinski definition) is 1. The van der Waals surface area contributed by atoms with Gasteiger partial charge in [-0.3, -0.25) is 4.79 Å². The van der Waals surface area contributed by atoms with Crippen LogP contribution >= 0.6 is 11.6 Å². The van der Waals surface area contributed by atoms with Gasteiger partial charge in [0.15, 0.2) is 6.10 Å². The van der Waals surface area contributed by atoms with Crippen molar-refractivity contribution in [3.05, 3.63) is 76.8 Å². The van der Waals surface area contributed by atoms with E-state index in [0.717, 1.165) is 22.3 Å². The van der Waals surface area contributed by atoms with Crippen molar-refractivity contribution in [2.45, 2.75) is 19.1 Å². The van der Waals surface area contributed by atoms with Gasteiger partial charge in [-0.2, -0.15) is 0 Å². The number of fused-ring (bicyclic) bond motifs is 3. The highest BCUT2D eigenvalue weighted by Crippen LogP contribution is 2.35. The minimum absolute atomic E-state index is 0.0924. The molecule has 0 aromatic heterocycles. The molecule has 0 aliphatic carbocycles. The lowest BCUT2D eigenvalue weighted by Gasteiger charge is -2.11. The molecule has 0 saturated heterocycles. The molecule has 3 aromatic rings. The van der Waals surface area contributed by atoms with E-state index >= 15 is 0 Å². The fraction of sp³-hybridized carbons (Fsp3) is 0.150. The van der Waals surface area contributed by atoms with Crippen LogP contribution in [0.3, 0.4) is 0 Å². The molecule has 0 spiro atoms. The van der Waals surface area contributed by atoms with E-state index in [-0.39, 0.29) is 5.91 Å². The highest BCUT2D eigenvalue weighted by molar-refractivity contribution is 6.30. The molecule has 1 unspecified atom stereocenters. The van der Waals surface area contributed by atoms with E-state index in [9.17, 15) is 4.79 Å². The van der Waals surface area contributed by atoms with Gasteiger partial charge >= 0.3 is 0 Å². The first-order valence-electron chi connectivity index (χ1n) is 7.90. The Morgan fingerprint density at radius 3 is 2.71 bits per heavy atom. The molecule has 1 heterocycles. The normalized spacial score (nSPS) is 15.8. The molecule has 1 aliphatic rings. The maximum absolute atomic E-state index is 12.4. The largest absolute Gasteiger partial charge is 0.480 e. The van der Waals surface area contributed by atoms with Crippen molar-refractivity contribution in [2.24, 2.45) is 0 Å². The monoisotopic (exact) mass is 337 g/mol. The minimum atomic E-state index is -0.474. The minimum Gasteiger partial charge on any atom is -0.480 e. The van der Waals surface area contributed by atoms with Crippen LogP contribution in [0.15, 0.2) is 60.7 Å². The molecule has 3 aromatic carbocycles. The fourth-order valence-electron chi connectivity index (χ4n) is 3.07. The Bertz CT molecular complexity index is 905. The summed E-state index contributed by atoms with van der Waals surface area (Å²) in [6.07, 6.45) is 0.126. The molecule has 1 atom stereocenters. The summed E-state index contributed by atoms with van der Waals surface area (Å²) < 4.78 is 5.85. The number of nitrogens with one attached hydrogen (secondary N) is 1. The molecule has 120 valence electrons. The SMILES string of the molecule is O=C(NCc1ccc(Cl)cc1)C1Cc2c(ccc3ccccc23)O1. The Hall–Kier alpha value is -2.52. The highest BCUT2D eigenvalue weighted by Gasteiger charge is 2.30. The van der Waals surface area contributed by atoms with Gasteiger partial charge in [-0.1, -0.05) is 54.1 Å². The first kappa shape index (κ1) is 15.0. The van der Waals surface area contributed by atoms with E-state index in [1.54, 1.807) is 0 Å². The molecule has 0 fully saturated rings. The molecule has 3 nitrogen and oxygen atoms in total. The molecule has 24 heavy (non-hydrogen) atoms. The third kappa shape index (κ3) is 2.83. The lowest BCUT2D eigenvalue weighted by atomic mass is 10.0. The van der Waals surface area contributed by atoms with Gasteiger partial charge in [-0.25, -0.2) is 0 Å². The zero-order valence-electron chi connectivity index (χ0n) is 13.0. The van der Waals surface area contributed by atoms with Crippen LogP contribution in [0.4, 0.5) is 0 Å². The first-order chi connectivity index (χ1) is 11.7. The van der Waals surface area contributed by atoms with Crippen LogP contribution in [-0.4, -0.2) is 12.0 Å². The number of amides is 1. The predicted molar refractivity (Wildman–Crippen MR) is 95.4 cm³/mol. The maximum atomic E-state index is 12.4. The zero-order valence-corrected chi connectivity index (χ0v) is 13.7. The third-order valence-corrected chi connectivity index (χ3v) is 4.58. The van der Waals surface area contributed by atoms with E-state index in [4.69, 9.17) is 16.3 Å². The van der Waals surface area contributed by atoms with E-state index in [1.807, 2.05) is 48.5 Å². The topological polar surface area (TPSA) is 38.3 Å². The van der Waals surface area contributed by atoms with Gasteiger partial charge in [-0.15, -0.1) is 0 Å². The summed E-state index contributed by atoms with van der Waals surface area (Å²) in [6, 6.07) is 19.6. The average molecular weight is 338 g/mol. The molecule has 0 bridgehead atoms. The smallest absolute Gasteiger partial charge is 0.261 e. The summed E-state index contributed by atoms with van der Waals surface area (Å²) in [4.78, 5) is 12.4. The fourth-order valence-corrected chi connectivity index (χ4v) is 3.19. The number of hydrogen-bond acceptors (Lipinski definition) is 2. The maximum Gasteiger partial charge on any atom is 0.261 e. The summed E-state index contributed by atoms with van der Waals surface area (Å²) in [7, 11) is 0. The number of ether oxygens (including phenoxy) is 1. The second kappa shape index (κ2) is 6.17. The van der Waals surface area contributed by atoms with Gasteiger partial charge in [0.25, 0.3) is 5.91 Å². The van der Waals surface area contributed by atoms with Gasteiger partial charge in [0.05, 0.1) is 0 Å². The van der Waals surface area contributed by atoms with Gasteiger partial charge in [-0.05, 0) is 34.5 Å². The van der Waals surface area contributed by atoms with Crippen molar-refractivity contribution in [1.29, 1.82) is 0 Å². The van der Waals surface area contributed by atoms with Crippen molar-refractivity contribution < 1.29 is 9.53 Å². The molecular weight excluding hydrogens is 322 g/mol. The highest BCUT2D eigenvalue weighted by atomic mass is 35.5. The Balaban J connectivity index is 1.47. The second-order valence-electron chi connectivity index (χ2n) is 5.92. The van der Waals surface area contributed by atoms with Crippen molar-refractivity contribution in [3.63, 3.8) is 0 Å². The van der Waals surface area contributed by atoms with E-state index in [1.165, 1.54) is 5.39 Å². The Morgan fingerprint density at radius 2 is 1.88 bits per heavy atom. The summed E-state index contributed by atoms with van der Waals surface area (Å²) in [5, 5.41) is 5.95. The average Bonchev–Trinajstić information content (AvgIpc) is 3.06. The van der Waals surface area contributed by atoms with Gasteiger partial charge in [0.1, 0.15) is 5.75 Å². The van der Waals surface area contributed by atoms with Crippen LogP contribution in [-0.2, 0) is 17.8 Å². The van der Waals surface area contributed by atoms with Crippen molar-refractivity contribution >= 4 is 28.3 Å². The van der Waals surface area contributed by atoms with Crippen LogP contribution in [0, 0.1) is 0 Å². The standard InChI is InChI=1S/C20H16ClNO2/c21-15-8-5-13(6-9-15)12-22-20(23)19-11-17-16-4-2-1-3-14(16)7-10-18(17)24-19/h1-10,19H,11-12H2,(H,22,23). The summed E-state index contributed by atoms with van der Waals surface area (Å²) in [6.45, 7) is 0.465. The van der Waals surface area contributed by atoms with Crippen LogP contribution in [0.1, 0.15) is 11.1 Å². The number of halogens is 1. The molecule has 1 N–H and O–H groups in total. The van der Waals surface area contributed by atoms with Crippen LogP contribution in [0.5, 0.6) is 5.75 Å². The molecular formula is C20H16ClNO2. The van der Waals surface area contributed by atoms with E-state index in [0.29, 0.717) is 18.0 Å². The third-order valence-electron chi connectivity index (χ3n) is 4.33. The summed E-state index contributed by atoms with van der Waals surface area (Å²) in [5.41, 5.74) is 2.12. The lowest BCUT2D eigenvalue weighted by molar-refractivity contribution is -0.127. The van der Waals surface area contributed by atoms with Crippen LogP contribution in [0.2, 0.25) is 5.02 Å².